The molecule has 3 aliphatic heterocycles. The molecule has 7 heteroatoms. The van der Waals surface area contributed by atoms with Crippen LogP contribution in [-0.4, -0.2) is 59.3 Å². The molecule has 3 fully saturated rings. The minimum absolute atomic E-state index is 0.145. The lowest BCUT2D eigenvalue weighted by Gasteiger charge is -2.31. The fraction of sp³-hybridized carbons (Fsp3) is 0.571. The second kappa shape index (κ2) is 6.58. The minimum atomic E-state index is -0.578. The van der Waals surface area contributed by atoms with Gasteiger partial charge >= 0.3 is 0 Å². The molecule has 7 nitrogen and oxygen atoms in total. The van der Waals surface area contributed by atoms with Gasteiger partial charge in [-0.3, -0.25) is 24.6 Å². The van der Waals surface area contributed by atoms with Gasteiger partial charge in [-0.1, -0.05) is 6.92 Å². The molecular formula is C21H25N3O4. The number of ether oxygens (including phenoxy) is 1. The summed E-state index contributed by atoms with van der Waals surface area (Å²) in [5.41, 5.74) is 1.52. The summed E-state index contributed by atoms with van der Waals surface area (Å²) in [4.78, 5) is 40.3. The van der Waals surface area contributed by atoms with E-state index in [0.717, 1.165) is 30.3 Å². The lowest BCUT2D eigenvalue weighted by Crippen LogP contribution is -2.52. The molecule has 1 unspecified atom stereocenters. The van der Waals surface area contributed by atoms with Crippen LogP contribution in [0.2, 0.25) is 0 Å². The maximum Gasteiger partial charge on any atom is 0.255 e. The number of likely N-dealkylation sites (N-methyl/N-ethyl adjacent to an activating group) is 1. The van der Waals surface area contributed by atoms with Crippen LogP contribution in [0.1, 0.15) is 42.1 Å². The van der Waals surface area contributed by atoms with Crippen molar-refractivity contribution in [3.8, 4) is 5.75 Å². The van der Waals surface area contributed by atoms with Crippen molar-refractivity contribution in [3.63, 3.8) is 0 Å². The predicted octanol–water partition coefficient (Wildman–Crippen LogP) is 1.17. The number of benzene rings is 1. The third-order valence-electron chi connectivity index (χ3n) is 6.62. The molecule has 148 valence electrons. The van der Waals surface area contributed by atoms with Crippen LogP contribution >= 0.6 is 0 Å². The van der Waals surface area contributed by atoms with Crippen LogP contribution in [0.15, 0.2) is 18.2 Å². The second-order valence-corrected chi connectivity index (χ2v) is 8.39. The highest BCUT2D eigenvalue weighted by atomic mass is 16.5. The third-order valence-corrected chi connectivity index (χ3v) is 6.62. The maximum atomic E-state index is 12.8. The van der Waals surface area contributed by atoms with Crippen LogP contribution < -0.4 is 10.1 Å². The van der Waals surface area contributed by atoms with E-state index < -0.39 is 6.04 Å². The Hall–Kier alpha value is -2.41. The molecule has 1 aromatic carbocycles. The molecule has 4 atom stereocenters. The number of nitrogens with zero attached hydrogens (tertiary/aromatic N) is 2. The van der Waals surface area contributed by atoms with Gasteiger partial charge in [0, 0.05) is 37.5 Å². The topological polar surface area (TPSA) is 79.0 Å². The summed E-state index contributed by atoms with van der Waals surface area (Å²) in [6.07, 6.45) is 2.10. The summed E-state index contributed by atoms with van der Waals surface area (Å²) in [5, 5.41) is 2.34. The Balaban J connectivity index is 1.31. The van der Waals surface area contributed by atoms with Crippen molar-refractivity contribution in [1.29, 1.82) is 0 Å². The molecule has 0 bridgehead atoms. The van der Waals surface area contributed by atoms with E-state index in [4.69, 9.17) is 4.74 Å². The summed E-state index contributed by atoms with van der Waals surface area (Å²) < 4.78 is 6.32. The normalized spacial score (nSPS) is 32.0. The predicted molar refractivity (Wildman–Crippen MR) is 101 cm³/mol. The summed E-state index contributed by atoms with van der Waals surface area (Å²) in [5.74, 6) is 1.41. The molecule has 2 saturated heterocycles. The van der Waals surface area contributed by atoms with Gasteiger partial charge in [-0.15, -0.1) is 0 Å². The molecule has 5 rings (SSSR count). The van der Waals surface area contributed by atoms with Crippen molar-refractivity contribution in [2.75, 3.05) is 19.6 Å². The van der Waals surface area contributed by atoms with E-state index in [-0.39, 0.29) is 30.2 Å². The molecular weight excluding hydrogens is 358 g/mol. The average molecular weight is 383 g/mol. The fourth-order valence-corrected chi connectivity index (χ4v) is 4.91. The minimum Gasteiger partial charge on any atom is -0.489 e. The van der Waals surface area contributed by atoms with Crippen molar-refractivity contribution in [2.24, 2.45) is 11.8 Å². The Labute approximate surface area is 164 Å². The number of amides is 3. The van der Waals surface area contributed by atoms with Crippen molar-refractivity contribution in [2.45, 2.75) is 44.9 Å². The number of rotatable bonds is 4. The number of carbonyl (C=O) groups is 3. The maximum absolute atomic E-state index is 12.8. The van der Waals surface area contributed by atoms with E-state index in [1.807, 2.05) is 18.2 Å². The second-order valence-electron chi connectivity index (χ2n) is 8.39. The van der Waals surface area contributed by atoms with Crippen molar-refractivity contribution in [1.82, 2.24) is 15.1 Å². The molecule has 1 saturated carbocycles. The number of piperidine rings is 2. The Kier molecular flexibility index (Phi) is 4.16. The zero-order valence-corrected chi connectivity index (χ0v) is 16.0. The molecule has 1 N–H and O–H groups in total. The highest BCUT2D eigenvalue weighted by molar-refractivity contribution is 6.05. The summed E-state index contributed by atoms with van der Waals surface area (Å²) >= 11 is 0. The van der Waals surface area contributed by atoms with Crippen LogP contribution in [-0.2, 0) is 16.1 Å². The van der Waals surface area contributed by atoms with E-state index in [2.05, 4.69) is 17.1 Å². The first-order chi connectivity index (χ1) is 13.5. The van der Waals surface area contributed by atoms with Gasteiger partial charge in [0.15, 0.2) is 0 Å². The van der Waals surface area contributed by atoms with Gasteiger partial charge in [-0.2, -0.15) is 0 Å². The van der Waals surface area contributed by atoms with Crippen molar-refractivity contribution < 1.29 is 19.1 Å². The SMILES string of the molecule is CCN1C[C@H]2C[C@H]2[C@H](Oc2ccc3c(c2)CN(C2CCC(=O)NC2=O)C3=O)C1. The smallest absolute Gasteiger partial charge is 0.255 e. The highest BCUT2D eigenvalue weighted by Gasteiger charge is 2.49. The van der Waals surface area contributed by atoms with E-state index >= 15 is 0 Å². The number of carbonyl (C=O) groups excluding carboxylic acids is 3. The first-order valence-corrected chi connectivity index (χ1v) is 10.2. The van der Waals surface area contributed by atoms with Crippen LogP contribution in [0.3, 0.4) is 0 Å². The molecule has 1 aliphatic carbocycles. The first-order valence-electron chi connectivity index (χ1n) is 10.2. The molecule has 1 aromatic rings. The monoisotopic (exact) mass is 383 g/mol. The number of likely N-dealkylation sites (tertiary alicyclic amines) is 1. The first kappa shape index (κ1) is 17.7. The van der Waals surface area contributed by atoms with Gasteiger partial charge in [0.05, 0.1) is 0 Å². The van der Waals surface area contributed by atoms with Crippen LogP contribution in [0, 0.1) is 11.8 Å². The lowest BCUT2D eigenvalue weighted by atomic mass is 10.0. The number of nitrogens with one attached hydrogen (secondary N) is 1. The number of imide groups is 1. The van der Waals surface area contributed by atoms with Gasteiger partial charge in [-0.05, 0) is 49.1 Å². The van der Waals surface area contributed by atoms with Crippen LogP contribution in [0.5, 0.6) is 5.75 Å². The molecule has 0 aromatic heterocycles. The largest absolute Gasteiger partial charge is 0.489 e. The molecule has 3 heterocycles. The van der Waals surface area contributed by atoms with Crippen molar-refractivity contribution in [3.05, 3.63) is 29.3 Å². The van der Waals surface area contributed by atoms with Crippen molar-refractivity contribution >= 4 is 17.7 Å². The van der Waals surface area contributed by atoms with E-state index in [1.54, 1.807) is 4.90 Å². The van der Waals surface area contributed by atoms with E-state index in [1.165, 1.54) is 13.0 Å². The van der Waals surface area contributed by atoms with E-state index in [9.17, 15) is 14.4 Å². The zero-order chi connectivity index (χ0) is 19.4. The molecule has 28 heavy (non-hydrogen) atoms. The number of fused-ring (bicyclic) bond motifs is 2. The third kappa shape index (κ3) is 2.98. The Morgan fingerprint density at radius 3 is 2.86 bits per heavy atom. The standard InChI is InChI=1S/C21H25N3O4/c1-2-23-9-13-8-16(13)18(11-23)28-14-3-4-15-12(7-14)10-24(21(15)27)17-5-6-19(25)22-20(17)26/h3-4,7,13,16-18H,2,5-6,8-11H2,1H3,(H,22,25,26)/t13-,16-,17?,18-/m1/s1. The number of hydrogen-bond acceptors (Lipinski definition) is 5. The van der Waals surface area contributed by atoms with Gasteiger partial charge < -0.3 is 9.64 Å². The molecule has 3 amide bonds. The molecule has 0 radical (unpaired) electrons. The van der Waals surface area contributed by atoms with E-state index in [0.29, 0.717) is 24.4 Å². The quantitative estimate of drug-likeness (QED) is 0.790. The average Bonchev–Trinajstić information content (AvgIpc) is 3.39. The lowest BCUT2D eigenvalue weighted by molar-refractivity contribution is -0.136. The summed E-state index contributed by atoms with van der Waals surface area (Å²) in [6, 6.07) is 5.04. The fourth-order valence-electron chi connectivity index (χ4n) is 4.91. The zero-order valence-electron chi connectivity index (χ0n) is 16.0. The van der Waals surface area contributed by atoms with Gasteiger partial charge in [0.2, 0.25) is 11.8 Å². The van der Waals surface area contributed by atoms with Crippen LogP contribution in [0.4, 0.5) is 0 Å². The van der Waals surface area contributed by atoms with Gasteiger partial charge in [0.25, 0.3) is 5.91 Å². The number of hydrogen-bond donors (Lipinski definition) is 1. The van der Waals surface area contributed by atoms with Gasteiger partial charge in [-0.25, -0.2) is 0 Å². The Bertz CT molecular complexity index is 854. The van der Waals surface area contributed by atoms with Gasteiger partial charge in [0.1, 0.15) is 17.9 Å². The Morgan fingerprint density at radius 1 is 1.21 bits per heavy atom. The summed E-state index contributed by atoms with van der Waals surface area (Å²) in [6.45, 7) is 5.75. The Morgan fingerprint density at radius 2 is 2.07 bits per heavy atom. The highest BCUT2D eigenvalue weighted by Crippen LogP contribution is 2.46. The van der Waals surface area contributed by atoms with Crippen LogP contribution in [0.25, 0.3) is 0 Å². The molecule has 4 aliphatic rings. The summed E-state index contributed by atoms with van der Waals surface area (Å²) in [7, 11) is 0. The molecule has 0 spiro atoms.